The van der Waals surface area contributed by atoms with Gasteiger partial charge in [0.1, 0.15) is 11.0 Å². The van der Waals surface area contributed by atoms with Crippen LogP contribution < -0.4 is 5.32 Å². The van der Waals surface area contributed by atoms with Gasteiger partial charge < -0.3 is 10.2 Å². The number of aryl methyl sites for hydroxylation is 1. The fraction of sp³-hybridized carbons (Fsp3) is 0.278. The van der Waals surface area contributed by atoms with Gasteiger partial charge in [0.15, 0.2) is 0 Å². The second-order valence-corrected chi connectivity index (χ2v) is 6.65. The van der Waals surface area contributed by atoms with Crippen LogP contribution in [0, 0.1) is 0 Å². The molecule has 1 aliphatic heterocycles. The summed E-state index contributed by atoms with van der Waals surface area (Å²) in [7, 11) is 1.84. The highest BCUT2D eigenvalue weighted by atomic mass is 32.1. The van der Waals surface area contributed by atoms with E-state index in [0.717, 1.165) is 47.2 Å². The SMILES string of the molecule is CN(Cc1ccc2nsnc2c1)C(=O)c1cccc2c1NCCC2. The number of carbonyl (C=O) groups excluding carboxylic acids is 1. The first kappa shape index (κ1) is 15.1. The van der Waals surface area contributed by atoms with Crippen molar-refractivity contribution in [3.8, 4) is 0 Å². The minimum Gasteiger partial charge on any atom is -0.384 e. The summed E-state index contributed by atoms with van der Waals surface area (Å²) in [6, 6.07) is 11.9. The molecule has 1 aliphatic rings. The van der Waals surface area contributed by atoms with Crippen LogP contribution in [0.4, 0.5) is 5.69 Å². The molecule has 6 heteroatoms. The van der Waals surface area contributed by atoms with Gasteiger partial charge in [-0.05, 0) is 42.2 Å². The Morgan fingerprint density at radius 2 is 2.12 bits per heavy atom. The minimum absolute atomic E-state index is 0.0396. The molecule has 1 amide bonds. The molecule has 4 rings (SSSR count). The van der Waals surface area contributed by atoms with Crippen molar-refractivity contribution in [2.75, 3.05) is 18.9 Å². The molecule has 24 heavy (non-hydrogen) atoms. The summed E-state index contributed by atoms with van der Waals surface area (Å²) in [6.07, 6.45) is 2.14. The summed E-state index contributed by atoms with van der Waals surface area (Å²) in [5, 5.41) is 3.39. The van der Waals surface area contributed by atoms with Crippen LogP contribution in [-0.2, 0) is 13.0 Å². The van der Waals surface area contributed by atoms with Crippen LogP contribution in [0.5, 0.6) is 0 Å². The summed E-state index contributed by atoms with van der Waals surface area (Å²) < 4.78 is 8.48. The van der Waals surface area contributed by atoms with Crippen molar-refractivity contribution in [3.05, 3.63) is 53.1 Å². The van der Waals surface area contributed by atoms with E-state index in [0.29, 0.717) is 6.54 Å². The summed E-state index contributed by atoms with van der Waals surface area (Å²) in [5.41, 5.74) is 5.83. The number of carbonyl (C=O) groups is 1. The lowest BCUT2D eigenvalue weighted by Crippen LogP contribution is -2.28. The first-order valence-corrected chi connectivity index (χ1v) is 8.78. The Morgan fingerprint density at radius 3 is 3.04 bits per heavy atom. The highest BCUT2D eigenvalue weighted by Crippen LogP contribution is 2.27. The molecular formula is C18H18N4OS. The molecule has 0 radical (unpaired) electrons. The van der Waals surface area contributed by atoms with Gasteiger partial charge >= 0.3 is 0 Å². The monoisotopic (exact) mass is 338 g/mol. The molecular weight excluding hydrogens is 320 g/mol. The molecule has 122 valence electrons. The molecule has 0 bridgehead atoms. The Morgan fingerprint density at radius 1 is 1.25 bits per heavy atom. The first-order chi connectivity index (χ1) is 11.7. The zero-order valence-electron chi connectivity index (χ0n) is 13.5. The number of fused-ring (bicyclic) bond motifs is 2. The molecule has 0 spiro atoms. The van der Waals surface area contributed by atoms with Gasteiger partial charge in [-0.15, -0.1) is 0 Å². The van der Waals surface area contributed by atoms with E-state index < -0.39 is 0 Å². The lowest BCUT2D eigenvalue weighted by molar-refractivity contribution is 0.0786. The van der Waals surface area contributed by atoms with Gasteiger partial charge in [-0.25, -0.2) is 0 Å². The Kier molecular flexibility index (Phi) is 3.90. The number of benzene rings is 2. The maximum Gasteiger partial charge on any atom is 0.256 e. The van der Waals surface area contributed by atoms with Crippen LogP contribution in [0.25, 0.3) is 11.0 Å². The molecule has 5 nitrogen and oxygen atoms in total. The quantitative estimate of drug-likeness (QED) is 0.796. The van der Waals surface area contributed by atoms with E-state index in [1.807, 2.05) is 37.4 Å². The molecule has 1 N–H and O–H groups in total. The number of aromatic nitrogens is 2. The third kappa shape index (κ3) is 2.73. The van der Waals surface area contributed by atoms with Crippen molar-refractivity contribution in [2.45, 2.75) is 19.4 Å². The lowest BCUT2D eigenvalue weighted by Gasteiger charge is -2.24. The summed E-state index contributed by atoms with van der Waals surface area (Å²) >= 11 is 1.21. The predicted molar refractivity (Wildman–Crippen MR) is 96.5 cm³/mol. The smallest absolute Gasteiger partial charge is 0.256 e. The molecule has 0 saturated carbocycles. The average Bonchev–Trinajstić information content (AvgIpc) is 3.08. The number of nitrogens with one attached hydrogen (secondary N) is 1. The molecule has 2 aromatic carbocycles. The van der Waals surface area contributed by atoms with E-state index in [-0.39, 0.29) is 5.91 Å². The number of para-hydroxylation sites is 1. The van der Waals surface area contributed by atoms with Crippen molar-refractivity contribution >= 4 is 34.4 Å². The van der Waals surface area contributed by atoms with E-state index >= 15 is 0 Å². The van der Waals surface area contributed by atoms with Crippen LogP contribution >= 0.6 is 11.7 Å². The summed E-state index contributed by atoms with van der Waals surface area (Å²) in [4.78, 5) is 14.7. The zero-order valence-corrected chi connectivity index (χ0v) is 14.3. The highest BCUT2D eigenvalue weighted by Gasteiger charge is 2.20. The molecule has 0 fully saturated rings. The van der Waals surface area contributed by atoms with Crippen LogP contribution in [0.15, 0.2) is 36.4 Å². The summed E-state index contributed by atoms with van der Waals surface area (Å²) in [5.74, 6) is 0.0396. The standard InChI is InChI=1S/C18H18N4OS/c1-22(11-12-7-8-15-16(10-12)21-24-20-15)18(23)14-6-2-4-13-5-3-9-19-17(13)14/h2,4,6-8,10,19H,3,5,9,11H2,1H3. The fourth-order valence-corrected chi connectivity index (χ4v) is 3.68. The summed E-state index contributed by atoms with van der Waals surface area (Å²) in [6.45, 7) is 1.48. The van der Waals surface area contributed by atoms with Gasteiger partial charge in [0.05, 0.1) is 23.0 Å². The van der Waals surface area contributed by atoms with Crippen molar-refractivity contribution < 1.29 is 4.79 Å². The van der Waals surface area contributed by atoms with Gasteiger partial charge in [0.25, 0.3) is 5.91 Å². The second kappa shape index (κ2) is 6.20. The van der Waals surface area contributed by atoms with Crippen molar-refractivity contribution in [1.29, 1.82) is 0 Å². The number of hydrogen-bond donors (Lipinski definition) is 1. The maximum atomic E-state index is 12.9. The Bertz CT molecular complexity index is 905. The predicted octanol–water partition coefficient (Wildman–Crippen LogP) is 3.32. The number of amides is 1. The second-order valence-electron chi connectivity index (χ2n) is 6.12. The Hall–Kier alpha value is -2.47. The fourth-order valence-electron chi connectivity index (χ4n) is 3.17. The molecule has 0 saturated heterocycles. The number of anilines is 1. The number of hydrogen-bond acceptors (Lipinski definition) is 5. The third-order valence-electron chi connectivity index (χ3n) is 4.39. The first-order valence-electron chi connectivity index (χ1n) is 8.05. The minimum atomic E-state index is 0.0396. The Balaban J connectivity index is 1.58. The third-order valence-corrected chi connectivity index (χ3v) is 4.95. The maximum absolute atomic E-state index is 12.9. The van der Waals surface area contributed by atoms with E-state index in [1.165, 1.54) is 17.3 Å². The lowest BCUT2D eigenvalue weighted by atomic mass is 9.99. The van der Waals surface area contributed by atoms with Gasteiger partial charge in [-0.1, -0.05) is 18.2 Å². The molecule has 0 atom stereocenters. The Labute approximate surface area is 144 Å². The van der Waals surface area contributed by atoms with E-state index in [1.54, 1.807) is 4.90 Å². The van der Waals surface area contributed by atoms with Crippen LogP contribution in [0.3, 0.4) is 0 Å². The highest BCUT2D eigenvalue weighted by molar-refractivity contribution is 7.00. The topological polar surface area (TPSA) is 58.1 Å². The molecule has 0 aliphatic carbocycles. The van der Waals surface area contributed by atoms with Gasteiger partial charge in [0.2, 0.25) is 0 Å². The van der Waals surface area contributed by atoms with Crippen LogP contribution in [0.1, 0.15) is 27.9 Å². The van der Waals surface area contributed by atoms with Crippen molar-refractivity contribution in [1.82, 2.24) is 13.6 Å². The van der Waals surface area contributed by atoms with E-state index in [4.69, 9.17) is 0 Å². The zero-order chi connectivity index (χ0) is 16.5. The molecule has 2 heterocycles. The number of rotatable bonds is 3. The van der Waals surface area contributed by atoms with Crippen LogP contribution in [-0.4, -0.2) is 33.1 Å². The van der Waals surface area contributed by atoms with Crippen LogP contribution in [0.2, 0.25) is 0 Å². The van der Waals surface area contributed by atoms with Crippen molar-refractivity contribution in [2.24, 2.45) is 0 Å². The van der Waals surface area contributed by atoms with E-state index in [2.05, 4.69) is 20.1 Å². The van der Waals surface area contributed by atoms with E-state index in [9.17, 15) is 4.79 Å². The van der Waals surface area contributed by atoms with Gasteiger partial charge in [0, 0.05) is 20.1 Å². The van der Waals surface area contributed by atoms with Gasteiger partial charge in [-0.3, -0.25) is 4.79 Å². The molecule has 1 aromatic heterocycles. The normalized spacial score (nSPS) is 13.4. The molecule has 3 aromatic rings. The number of nitrogens with zero attached hydrogens (tertiary/aromatic N) is 3. The van der Waals surface area contributed by atoms with Gasteiger partial charge in [-0.2, -0.15) is 8.75 Å². The average molecular weight is 338 g/mol. The van der Waals surface area contributed by atoms with Crippen molar-refractivity contribution in [3.63, 3.8) is 0 Å². The molecule has 0 unspecified atom stereocenters. The largest absolute Gasteiger partial charge is 0.384 e.